The quantitative estimate of drug-likeness (QED) is 0.632. The number of nitrogens with one attached hydrogen (secondary N) is 2. The van der Waals surface area contributed by atoms with Crippen molar-refractivity contribution in [2.45, 2.75) is 0 Å². The lowest BCUT2D eigenvalue weighted by Gasteiger charge is -2.08. The molecule has 18 heavy (non-hydrogen) atoms. The van der Waals surface area contributed by atoms with Crippen molar-refractivity contribution in [1.29, 1.82) is 0 Å². The topological polar surface area (TPSA) is 41.1 Å². The van der Waals surface area contributed by atoms with Crippen molar-refractivity contribution >= 4 is 22.4 Å². The predicted molar refractivity (Wildman–Crippen MR) is 74.3 cm³/mol. The van der Waals surface area contributed by atoms with Gasteiger partial charge in [-0.15, -0.1) is 6.42 Å². The van der Waals surface area contributed by atoms with Gasteiger partial charge in [-0.25, -0.2) is 0 Å². The van der Waals surface area contributed by atoms with Gasteiger partial charge in [0.2, 0.25) is 5.91 Å². The third-order valence-electron chi connectivity index (χ3n) is 2.58. The zero-order valence-corrected chi connectivity index (χ0v) is 9.94. The molecule has 3 nitrogen and oxygen atoms in total. The smallest absolute Gasteiger partial charge is 0.238 e. The lowest BCUT2D eigenvalue weighted by molar-refractivity contribution is -0.115. The minimum atomic E-state index is -0.0957. The van der Waals surface area contributed by atoms with E-state index in [-0.39, 0.29) is 12.5 Å². The summed E-state index contributed by atoms with van der Waals surface area (Å²) in [6.45, 7) is 0.608. The Balaban J connectivity index is 2.12. The molecule has 1 amide bonds. The van der Waals surface area contributed by atoms with Crippen LogP contribution in [-0.4, -0.2) is 19.0 Å². The van der Waals surface area contributed by atoms with E-state index in [1.807, 2.05) is 42.5 Å². The summed E-state index contributed by atoms with van der Waals surface area (Å²) in [5.74, 6) is 2.33. The van der Waals surface area contributed by atoms with Crippen LogP contribution in [0.25, 0.3) is 10.8 Å². The first-order chi connectivity index (χ1) is 8.81. The normalized spacial score (nSPS) is 9.94. The molecule has 2 N–H and O–H groups in total. The molecule has 0 aliphatic heterocycles. The molecule has 0 bridgehead atoms. The summed E-state index contributed by atoms with van der Waals surface area (Å²) in [6.07, 6.45) is 5.10. The maximum atomic E-state index is 11.7. The van der Waals surface area contributed by atoms with E-state index < -0.39 is 0 Å². The zero-order valence-electron chi connectivity index (χ0n) is 9.94. The monoisotopic (exact) mass is 238 g/mol. The standard InChI is InChI=1S/C15H14N2O/c1-2-10-16-11-15(18)17-14-9-5-7-12-6-3-4-8-13(12)14/h1,3-9,16H,10-11H2,(H,17,18). The first-order valence-corrected chi connectivity index (χ1v) is 5.73. The second kappa shape index (κ2) is 5.85. The minimum Gasteiger partial charge on any atom is -0.324 e. The van der Waals surface area contributed by atoms with Crippen LogP contribution in [0.5, 0.6) is 0 Å². The number of anilines is 1. The summed E-state index contributed by atoms with van der Waals surface area (Å²) >= 11 is 0. The largest absolute Gasteiger partial charge is 0.324 e. The molecule has 0 unspecified atom stereocenters. The number of rotatable bonds is 4. The molecular formula is C15H14N2O. The van der Waals surface area contributed by atoms with Crippen molar-refractivity contribution in [2.75, 3.05) is 18.4 Å². The fourth-order valence-electron chi connectivity index (χ4n) is 1.78. The van der Waals surface area contributed by atoms with Crippen LogP contribution in [0.15, 0.2) is 42.5 Å². The predicted octanol–water partition coefficient (Wildman–Crippen LogP) is 2.00. The molecule has 2 aromatic carbocycles. The molecule has 0 saturated heterocycles. The van der Waals surface area contributed by atoms with Crippen LogP contribution in [0.4, 0.5) is 5.69 Å². The third-order valence-corrected chi connectivity index (χ3v) is 2.58. The molecule has 0 atom stereocenters. The van der Waals surface area contributed by atoms with Gasteiger partial charge in [0.05, 0.1) is 13.1 Å². The number of benzene rings is 2. The molecule has 90 valence electrons. The van der Waals surface area contributed by atoms with Gasteiger partial charge in [0.1, 0.15) is 0 Å². The Morgan fingerprint density at radius 3 is 2.78 bits per heavy atom. The molecule has 0 saturated carbocycles. The summed E-state index contributed by atoms with van der Waals surface area (Å²) < 4.78 is 0. The van der Waals surface area contributed by atoms with Gasteiger partial charge in [0, 0.05) is 11.1 Å². The number of fused-ring (bicyclic) bond motifs is 1. The molecule has 0 heterocycles. The summed E-state index contributed by atoms with van der Waals surface area (Å²) in [4.78, 5) is 11.7. The number of hydrogen-bond donors (Lipinski definition) is 2. The van der Waals surface area contributed by atoms with Gasteiger partial charge in [-0.1, -0.05) is 42.3 Å². The molecular weight excluding hydrogens is 224 g/mol. The number of carbonyl (C=O) groups excluding carboxylic acids is 1. The van der Waals surface area contributed by atoms with Crippen LogP contribution in [0, 0.1) is 12.3 Å². The lowest BCUT2D eigenvalue weighted by atomic mass is 10.1. The summed E-state index contributed by atoms with van der Waals surface area (Å²) in [5.41, 5.74) is 0.820. The Labute approximate surface area is 106 Å². The van der Waals surface area contributed by atoms with Crippen molar-refractivity contribution < 1.29 is 4.79 Å². The number of carbonyl (C=O) groups is 1. The zero-order chi connectivity index (χ0) is 12.8. The van der Waals surface area contributed by atoms with Gasteiger partial charge >= 0.3 is 0 Å². The van der Waals surface area contributed by atoms with Gasteiger partial charge in [-0.05, 0) is 11.5 Å². The molecule has 0 aliphatic carbocycles. The highest BCUT2D eigenvalue weighted by atomic mass is 16.1. The van der Waals surface area contributed by atoms with Crippen LogP contribution in [0.1, 0.15) is 0 Å². The Hall–Kier alpha value is -2.31. The average Bonchev–Trinajstić information content (AvgIpc) is 2.39. The van der Waals surface area contributed by atoms with E-state index in [4.69, 9.17) is 6.42 Å². The van der Waals surface area contributed by atoms with Crippen molar-refractivity contribution in [3.63, 3.8) is 0 Å². The number of amides is 1. The van der Waals surface area contributed by atoms with Crippen LogP contribution >= 0.6 is 0 Å². The van der Waals surface area contributed by atoms with Gasteiger partial charge in [0.25, 0.3) is 0 Å². The Morgan fingerprint density at radius 1 is 1.17 bits per heavy atom. The highest BCUT2D eigenvalue weighted by Gasteiger charge is 2.04. The maximum Gasteiger partial charge on any atom is 0.238 e. The van der Waals surface area contributed by atoms with Gasteiger partial charge in [-0.3, -0.25) is 10.1 Å². The highest BCUT2D eigenvalue weighted by Crippen LogP contribution is 2.22. The first-order valence-electron chi connectivity index (χ1n) is 5.73. The average molecular weight is 238 g/mol. The Morgan fingerprint density at radius 2 is 1.94 bits per heavy atom. The van der Waals surface area contributed by atoms with Crippen LogP contribution < -0.4 is 10.6 Å². The number of terminal acetylenes is 1. The van der Waals surface area contributed by atoms with Crippen molar-refractivity contribution in [2.24, 2.45) is 0 Å². The van der Waals surface area contributed by atoms with E-state index >= 15 is 0 Å². The van der Waals surface area contributed by atoms with Crippen molar-refractivity contribution in [3.8, 4) is 12.3 Å². The van der Waals surface area contributed by atoms with Gasteiger partial charge < -0.3 is 5.32 Å². The SMILES string of the molecule is C#CCNCC(=O)Nc1cccc2ccccc12. The van der Waals surface area contributed by atoms with Crippen molar-refractivity contribution in [3.05, 3.63) is 42.5 Å². The second-order valence-corrected chi connectivity index (χ2v) is 3.88. The van der Waals surface area contributed by atoms with Crippen LogP contribution in [-0.2, 0) is 4.79 Å². The highest BCUT2D eigenvalue weighted by molar-refractivity contribution is 6.02. The molecule has 0 fully saturated rings. The van der Waals surface area contributed by atoms with Crippen LogP contribution in [0.3, 0.4) is 0 Å². The number of hydrogen-bond acceptors (Lipinski definition) is 2. The van der Waals surface area contributed by atoms with E-state index in [0.717, 1.165) is 16.5 Å². The van der Waals surface area contributed by atoms with Gasteiger partial charge in [0.15, 0.2) is 0 Å². The van der Waals surface area contributed by atoms with Crippen molar-refractivity contribution in [1.82, 2.24) is 5.32 Å². The molecule has 2 rings (SSSR count). The maximum absolute atomic E-state index is 11.7. The molecule has 0 aromatic heterocycles. The van der Waals surface area contributed by atoms with E-state index in [0.29, 0.717) is 6.54 Å². The van der Waals surface area contributed by atoms with Crippen LogP contribution in [0.2, 0.25) is 0 Å². The van der Waals surface area contributed by atoms with Gasteiger partial charge in [-0.2, -0.15) is 0 Å². The fraction of sp³-hybridized carbons (Fsp3) is 0.133. The summed E-state index contributed by atoms with van der Waals surface area (Å²) in [5, 5.41) is 7.87. The van der Waals surface area contributed by atoms with E-state index in [1.54, 1.807) is 0 Å². The fourth-order valence-corrected chi connectivity index (χ4v) is 1.78. The molecule has 2 aromatic rings. The van der Waals surface area contributed by atoms with E-state index in [9.17, 15) is 4.79 Å². The summed E-state index contributed by atoms with van der Waals surface area (Å²) in [7, 11) is 0. The molecule has 3 heteroatoms. The Kier molecular flexibility index (Phi) is 3.95. The minimum absolute atomic E-state index is 0.0957. The summed E-state index contributed by atoms with van der Waals surface area (Å²) in [6, 6.07) is 13.8. The first kappa shape index (κ1) is 12.2. The molecule has 0 spiro atoms. The molecule has 0 radical (unpaired) electrons. The Bertz CT molecular complexity index is 593. The lowest BCUT2D eigenvalue weighted by Crippen LogP contribution is -2.28. The second-order valence-electron chi connectivity index (χ2n) is 3.88. The molecule has 0 aliphatic rings. The van der Waals surface area contributed by atoms with E-state index in [2.05, 4.69) is 16.6 Å². The third kappa shape index (κ3) is 2.88. The van der Waals surface area contributed by atoms with E-state index in [1.165, 1.54) is 0 Å².